The number of rotatable bonds is 4. The van der Waals surface area contributed by atoms with Crippen molar-refractivity contribution in [2.75, 3.05) is 0 Å². The third kappa shape index (κ3) is 3.40. The van der Waals surface area contributed by atoms with Crippen molar-refractivity contribution in [2.45, 2.75) is 4.90 Å². The monoisotopic (exact) mass is 459 g/mol. The van der Waals surface area contributed by atoms with E-state index in [1.54, 1.807) is 24.3 Å². The molecule has 0 aliphatic carbocycles. The van der Waals surface area contributed by atoms with Gasteiger partial charge in [-0.2, -0.15) is 0 Å². The Bertz CT molecular complexity index is 1810. The van der Waals surface area contributed by atoms with Crippen LogP contribution in [-0.2, 0) is 10.0 Å². The lowest BCUT2D eigenvalue weighted by Gasteiger charge is -2.09. The van der Waals surface area contributed by atoms with Gasteiger partial charge in [0.1, 0.15) is 0 Å². The van der Waals surface area contributed by atoms with Gasteiger partial charge in [0.15, 0.2) is 0 Å². The predicted octanol–water partition coefficient (Wildman–Crippen LogP) is 7.36. The van der Waals surface area contributed by atoms with Crippen molar-refractivity contribution in [3.05, 3.63) is 126 Å². The summed E-state index contributed by atoms with van der Waals surface area (Å²) in [6.45, 7) is 0. The summed E-state index contributed by atoms with van der Waals surface area (Å²) in [7, 11) is -3.74. The van der Waals surface area contributed by atoms with Crippen LogP contribution in [0.3, 0.4) is 0 Å². The molecule has 0 amide bonds. The van der Waals surface area contributed by atoms with Crippen molar-refractivity contribution < 1.29 is 8.42 Å². The van der Waals surface area contributed by atoms with Crippen molar-refractivity contribution in [2.24, 2.45) is 0 Å². The van der Waals surface area contributed by atoms with Crippen LogP contribution < -0.4 is 0 Å². The summed E-state index contributed by atoms with van der Waals surface area (Å²) in [4.78, 5) is 0.276. The van der Waals surface area contributed by atoms with Crippen LogP contribution in [0.25, 0.3) is 44.7 Å². The number of hydrogen-bond acceptors (Lipinski definition) is 2. The van der Waals surface area contributed by atoms with Crippen molar-refractivity contribution in [3.63, 3.8) is 0 Å². The van der Waals surface area contributed by atoms with Crippen LogP contribution in [0.5, 0.6) is 0 Å². The number of hydrogen-bond donors (Lipinski definition) is 0. The summed E-state index contributed by atoms with van der Waals surface area (Å²) in [5.74, 6) is 0. The van der Waals surface area contributed by atoms with Gasteiger partial charge in [0, 0.05) is 10.8 Å². The summed E-state index contributed by atoms with van der Waals surface area (Å²) >= 11 is 0. The SMILES string of the molecule is O=S(=O)(c1ccccc1)n1c2ccccc2c2cc(/C=C/c3ccc4ccccc4c3)ccc21. The first-order valence-electron chi connectivity index (χ1n) is 11.1. The minimum Gasteiger partial charge on any atom is -0.233 e. The Kier molecular flexibility index (Phi) is 4.82. The molecule has 5 aromatic carbocycles. The number of benzene rings is 5. The Morgan fingerprint density at radius 1 is 0.529 bits per heavy atom. The lowest BCUT2D eigenvalue weighted by atomic mass is 10.1. The van der Waals surface area contributed by atoms with Gasteiger partial charge in [0.25, 0.3) is 10.0 Å². The fourth-order valence-corrected chi connectivity index (χ4v) is 6.07. The highest BCUT2D eigenvalue weighted by Crippen LogP contribution is 2.33. The largest absolute Gasteiger partial charge is 0.268 e. The maximum Gasteiger partial charge on any atom is 0.268 e. The molecule has 1 aromatic heterocycles. The lowest BCUT2D eigenvalue weighted by Crippen LogP contribution is -2.12. The summed E-state index contributed by atoms with van der Waals surface area (Å²) in [5.41, 5.74) is 3.48. The van der Waals surface area contributed by atoms with Crippen molar-refractivity contribution in [3.8, 4) is 0 Å². The van der Waals surface area contributed by atoms with E-state index in [2.05, 4.69) is 48.6 Å². The van der Waals surface area contributed by atoms with E-state index in [4.69, 9.17) is 0 Å². The molecule has 0 aliphatic rings. The van der Waals surface area contributed by atoms with Gasteiger partial charge in [-0.05, 0) is 58.3 Å². The minimum absolute atomic E-state index is 0.276. The summed E-state index contributed by atoms with van der Waals surface area (Å²) in [6, 6.07) is 36.9. The second kappa shape index (κ2) is 8.01. The van der Waals surface area contributed by atoms with Gasteiger partial charge in [-0.15, -0.1) is 0 Å². The first-order chi connectivity index (χ1) is 16.6. The molecular weight excluding hydrogens is 438 g/mol. The molecule has 0 fully saturated rings. The molecule has 4 heteroatoms. The fraction of sp³-hybridized carbons (Fsp3) is 0. The van der Waals surface area contributed by atoms with E-state index in [1.165, 1.54) is 14.7 Å². The second-order valence-corrected chi connectivity index (χ2v) is 10.1. The summed E-state index contributed by atoms with van der Waals surface area (Å²) in [6.07, 6.45) is 4.16. The van der Waals surface area contributed by atoms with Gasteiger partial charge >= 0.3 is 0 Å². The number of fused-ring (bicyclic) bond motifs is 4. The molecule has 6 rings (SSSR count). The molecule has 3 nitrogen and oxygen atoms in total. The molecule has 6 aromatic rings. The first-order valence-corrected chi connectivity index (χ1v) is 12.6. The zero-order valence-corrected chi connectivity index (χ0v) is 19.1. The average Bonchev–Trinajstić information content (AvgIpc) is 3.22. The number of nitrogens with zero attached hydrogens (tertiary/aromatic N) is 1. The highest BCUT2D eigenvalue weighted by molar-refractivity contribution is 7.90. The normalized spacial score (nSPS) is 12.2. The fourth-order valence-electron chi connectivity index (χ4n) is 4.52. The predicted molar refractivity (Wildman–Crippen MR) is 141 cm³/mol. The van der Waals surface area contributed by atoms with E-state index in [0.717, 1.165) is 21.9 Å². The van der Waals surface area contributed by atoms with E-state index < -0.39 is 10.0 Å². The molecule has 0 atom stereocenters. The van der Waals surface area contributed by atoms with Crippen LogP contribution in [0.4, 0.5) is 0 Å². The van der Waals surface area contributed by atoms with Crippen LogP contribution >= 0.6 is 0 Å². The first kappa shape index (κ1) is 20.5. The Balaban J connectivity index is 1.48. The minimum atomic E-state index is -3.74. The topological polar surface area (TPSA) is 39.1 Å². The average molecular weight is 460 g/mol. The van der Waals surface area contributed by atoms with Crippen LogP contribution in [-0.4, -0.2) is 12.4 Å². The molecule has 0 spiro atoms. The van der Waals surface area contributed by atoms with E-state index >= 15 is 0 Å². The molecule has 0 saturated carbocycles. The molecule has 34 heavy (non-hydrogen) atoms. The Morgan fingerprint density at radius 3 is 1.97 bits per heavy atom. The van der Waals surface area contributed by atoms with E-state index in [1.807, 2.05) is 54.6 Å². The molecule has 164 valence electrons. The van der Waals surface area contributed by atoms with E-state index in [9.17, 15) is 8.42 Å². The van der Waals surface area contributed by atoms with Gasteiger partial charge < -0.3 is 0 Å². The van der Waals surface area contributed by atoms with Gasteiger partial charge in [0.2, 0.25) is 0 Å². The highest BCUT2D eigenvalue weighted by atomic mass is 32.2. The van der Waals surface area contributed by atoms with Crippen LogP contribution in [0.15, 0.2) is 120 Å². The smallest absolute Gasteiger partial charge is 0.233 e. The van der Waals surface area contributed by atoms with E-state index in [0.29, 0.717) is 11.0 Å². The van der Waals surface area contributed by atoms with E-state index in [-0.39, 0.29) is 4.90 Å². The summed E-state index contributed by atoms with van der Waals surface area (Å²) in [5, 5.41) is 4.25. The zero-order chi connectivity index (χ0) is 23.1. The van der Waals surface area contributed by atoms with Crippen LogP contribution in [0.2, 0.25) is 0 Å². The maximum absolute atomic E-state index is 13.6. The number of para-hydroxylation sites is 1. The molecule has 1 heterocycles. The Morgan fingerprint density at radius 2 is 1.15 bits per heavy atom. The third-order valence-corrected chi connectivity index (χ3v) is 7.92. The number of aromatic nitrogens is 1. The molecule has 0 saturated heterocycles. The quantitative estimate of drug-likeness (QED) is 0.258. The van der Waals surface area contributed by atoms with Crippen LogP contribution in [0, 0.1) is 0 Å². The van der Waals surface area contributed by atoms with Crippen molar-refractivity contribution in [1.82, 2.24) is 3.97 Å². The van der Waals surface area contributed by atoms with Crippen molar-refractivity contribution >= 4 is 54.8 Å². The summed E-state index contributed by atoms with van der Waals surface area (Å²) < 4.78 is 28.6. The molecule has 0 aliphatic heterocycles. The molecule has 0 radical (unpaired) electrons. The van der Waals surface area contributed by atoms with Crippen molar-refractivity contribution in [1.29, 1.82) is 0 Å². The van der Waals surface area contributed by atoms with Gasteiger partial charge in [-0.25, -0.2) is 12.4 Å². The molecule has 0 N–H and O–H groups in total. The zero-order valence-electron chi connectivity index (χ0n) is 18.3. The standard InChI is InChI=1S/C30H21NO2S/c32-34(33,26-10-2-1-3-11-26)31-29-13-7-6-12-27(29)28-21-23(17-19-30(28)31)15-14-22-16-18-24-8-4-5-9-25(24)20-22/h1-21H/b15-14+. The Labute approximate surface area is 198 Å². The van der Waals surface area contributed by atoms with Gasteiger partial charge in [-0.1, -0.05) is 91.0 Å². The third-order valence-electron chi connectivity index (χ3n) is 6.18. The maximum atomic E-state index is 13.6. The Hall–Kier alpha value is -4.15. The molecular formula is C30H21NO2S. The van der Waals surface area contributed by atoms with Crippen LogP contribution in [0.1, 0.15) is 11.1 Å². The molecule has 0 unspecified atom stereocenters. The highest BCUT2D eigenvalue weighted by Gasteiger charge is 2.22. The van der Waals surface area contributed by atoms with Gasteiger partial charge in [-0.3, -0.25) is 0 Å². The lowest BCUT2D eigenvalue weighted by molar-refractivity contribution is 0.590. The second-order valence-electron chi connectivity index (χ2n) is 8.32. The molecule has 0 bridgehead atoms. The van der Waals surface area contributed by atoms with Gasteiger partial charge in [0.05, 0.1) is 15.9 Å².